The van der Waals surface area contributed by atoms with Crippen LogP contribution < -0.4 is 15.8 Å². The van der Waals surface area contributed by atoms with Crippen molar-refractivity contribution < 1.29 is 19.1 Å². The van der Waals surface area contributed by atoms with E-state index in [9.17, 15) is 19.2 Å². The lowest BCUT2D eigenvalue weighted by atomic mass is 10.0. The minimum absolute atomic E-state index is 0.114. The molecule has 182 valence electrons. The molecule has 3 rings (SSSR count). The SMILES string of the molecule is CN(C(=O)c1cnc(NC(=O)CCC(=O)OC(C)(C)C)[nH]c1=O)c1cccc(-c2ccccc2)c1. The van der Waals surface area contributed by atoms with Crippen LogP contribution in [0.4, 0.5) is 11.6 Å². The molecule has 0 saturated carbocycles. The normalized spacial score (nSPS) is 11.0. The smallest absolute Gasteiger partial charge is 0.306 e. The molecule has 0 fully saturated rings. The molecule has 3 aromatic rings. The Kier molecular flexibility index (Phi) is 7.80. The van der Waals surface area contributed by atoms with E-state index in [-0.39, 0.29) is 24.4 Å². The number of benzene rings is 2. The number of carbonyl (C=O) groups excluding carboxylic acids is 3. The number of ether oxygens (including phenoxy) is 1. The molecule has 0 aliphatic carbocycles. The van der Waals surface area contributed by atoms with Gasteiger partial charge in [0.1, 0.15) is 11.2 Å². The first-order chi connectivity index (χ1) is 16.5. The van der Waals surface area contributed by atoms with Gasteiger partial charge in [0.15, 0.2) is 0 Å². The van der Waals surface area contributed by atoms with Crippen LogP contribution in [-0.4, -0.2) is 40.4 Å². The van der Waals surface area contributed by atoms with E-state index in [2.05, 4.69) is 15.3 Å². The number of H-pyrrole nitrogens is 1. The van der Waals surface area contributed by atoms with E-state index < -0.39 is 28.9 Å². The predicted octanol–water partition coefficient (Wildman–Crippen LogP) is 3.77. The summed E-state index contributed by atoms with van der Waals surface area (Å²) in [6.45, 7) is 5.21. The Hall–Kier alpha value is -4.27. The van der Waals surface area contributed by atoms with Crippen molar-refractivity contribution in [3.05, 3.63) is 76.7 Å². The highest BCUT2D eigenvalue weighted by Gasteiger charge is 2.20. The molecule has 0 radical (unpaired) electrons. The number of hydrogen-bond donors (Lipinski definition) is 2. The number of aromatic amines is 1. The van der Waals surface area contributed by atoms with Gasteiger partial charge in [-0.2, -0.15) is 0 Å². The van der Waals surface area contributed by atoms with Crippen molar-refractivity contribution in [1.29, 1.82) is 0 Å². The highest BCUT2D eigenvalue weighted by Crippen LogP contribution is 2.24. The van der Waals surface area contributed by atoms with Crippen molar-refractivity contribution in [3.63, 3.8) is 0 Å². The maximum Gasteiger partial charge on any atom is 0.306 e. The van der Waals surface area contributed by atoms with Crippen molar-refractivity contribution >= 4 is 29.4 Å². The first-order valence-corrected chi connectivity index (χ1v) is 11.1. The largest absolute Gasteiger partial charge is 0.460 e. The van der Waals surface area contributed by atoms with E-state index >= 15 is 0 Å². The summed E-state index contributed by atoms with van der Waals surface area (Å²) in [6.07, 6.45) is 0.860. The van der Waals surface area contributed by atoms with Gasteiger partial charge in [0.25, 0.3) is 11.5 Å². The van der Waals surface area contributed by atoms with Crippen LogP contribution in [-0.2, 0) is 14.3 Å². The number of esters is 1. The number of hydrogen-bond acceptors (Lipinski definition) is 6. The molecule has 0 aliphatic heterocycles. The van der Waals surface area contributed by atoms with Crippen LogP contribution in [0, 0.1) is 0 Å². The van der Waals surface area contributed by atoms with Crippen LogP contribution in [0.1, 0.15) is 44.0 Å². The van der Waals surface area contributed by atoms with Crippen LogP contribution in [0.5, 0.6) is 0 Å². The molecule has 2 N–H and O–H groups in total. The van der Waals surface area contributed by atoms with E-state index in [0.29, 0.717) is 5.69 Å². The lowest BCUT2D eigenvalue weighted by molar-refractivity contribution is -0.155. The minimum Gasteiger partial charge on any atom is -0.460 e. The van der Waals surface area contributed by atoms with Crippen molar-refractivity contribution in [2.24, 2.45) is 0 Å². The van der Waals surface area contributed by atoms with Gasteiger partial charge in [0.2, 0.25) is 11.9 Å². The van der Waals surface area contributed by atoms with Gasteiger partial charge in [0, 0.05) is 25.4 Å². The van der Waals surface area contributed by atoms with E-state index in [0.717, 1.165) is 17.3 Å². The molecule has 35 heavy (non-hydrogen) atoms. The fourth-order valence-electron chi connectivity index (χ4n) is 3.24. The van der Waals surface area contributed by atoms with Crippen molar-refractivity contribution in [3.8, 4) is 11.1 Å². The molecule has 0 unspecified atom stereocenters. The van der Waals surface area contributed by atoms with E-state index in [4.69, 9.17) is 4.74 Å². The summed E-state index contributed by atoms with van der Waals surface area (Å²) >= 11 is 0. The standard InChI is InChI=1S/C26H28N4O5/c1-26(2,3)35-22(32)14-13-21(31)28-25-27-16-20(23(33)29-25)24(34)30(4)19-12-8-11-18(15-19)17-9-6-5-7-10-17/h5-12,15-16H,13-14H2,1-4H3,(H2,27,28,29,31,33). The molecule has 2 aromatic carbocycles. The quantitative estimate of drug-likeness (QED) is 0.501. The summed E-state index contributed by atoms with van der Waals surface area (Å²) in [5, 5.41) is 2.42. The second-order valence-corrected chi connectivity index (χ2v) is 8.89. The van der Waals surface area contributed by atoms with E-state index in [1.165, 1.54) is 4.90 Å². The number of nitrogens with one attached hydrogen (secondary N) is 2. The van der Waals surface area contributed by atoms with Crippen LogP contribution in [0.15, 0.2) is 65.6 Å². The average Bonchev–Trinajstić information content (AvgIpc) is 2.81. The zero-order valence-electron chi connectivity index (χ0n) is 20.1. The van der Waals surface area contributed by atoms with Gasteiger partial charge >= 0.3 is 5.97 Å². The van der Waals surface area contributed by atoms with Crippen LogP contribution in [0.25, 0.3) is 11.1 Å². The Balaban J connectivity index is 1.66. The number of amides is 2. The molecule has 0 bridgehead atoms. The lowest BCUT2D eigenvalue weighted by Crippen LogP contribution is -2.32. The van der Waals surface area contributed by atoms with Gasteiger partial charge in [-0.25, -0.2) is 4.98 Å². The molecule has 0 aliphatic rings. The highest BCUT2D eigenvalue weighted by molar-refractivity contribution is 6.05. The number of rotatable bonds is 7. The third-order valence-electron chi connectivity index (χ3n) is 4.91. The van der Waals surface area contributed by atoms with E-state index in [1.54, 1.807) is 33.9 Å². The fraction of sp³-hybridized carbons (Fsp3) is 0.269. The number of carbonyl (C=O) groups is 3. The summed E-state index contributed by atoms with van der Waals surface area (Å²) in [5.41, 5.74) is 1.03. The first-order valence-electron chi connectivity index (χ1n) is 11.1. The summed E-state index contributed by atoms with van der Waals surface area (Å²) in [6, 6.07) is 17.1. The van der Waals surface area contributed by atoms with Crippen LogP contribution in [0.3, 0.4) is 0 Å². The highest BCUT2D eigenvalue weighted by atomic mass is 16.6. The minimum atomic E-state index is -0.696. The molecule has 0 atom stereocenters. The number of nitrogens with zero attached hydrogens (tertiary/aromatic N) is 2. The molecule has 2 amide bonds. The van der Waals surface area contributed by atoms with Gasteiger partial charge < -0.3 is 9.64 Å². The summed E-state index contributed by atoms with van der Waals surface area (Å²) in [7, 11) is 1.57. The monoisotopic (exact) mass is 476 g/mol. The zero-order chi connectivity index (χ0) is 25.6. The molecule has 0 saturated heterocycles. The third-order valence-corrected chi connectivity index (χ3v) is 4.91. The Bertz CT molecular complexity index is 1280. The molecule has 1 heterocycles. The molecule has 1 aromatic heterocycles. The maximum atomic E-state index is 13.0. The molecule has 9 heteroatoms. The Morgan fingerprint density at radius 1 is 1.00 bits per heavy atom. The van der Waals surface area contributed by atoms with Gasteiger partial charge in [-0.15, -0.1) is 0 Å². The maximum absolute atomic E-state index is 13.0. The van der Waals surface area contributed by atoms with Gasteiger partial charge in [-0.05, 0) is 44.0 Å². The van der Waals surface area contributed by atoms with Crippen molar-refractivity contribution in [2.45, 2.75) is 39.2 Å². The second kappa shape index (κ2) is 10.8. The van der Waals surface area contributed by atoms with Gasteiger partial charge in [-0.3, -0.25) is 29.5 Å². The number of anilines is 2. The average molecular weight is 477 g/mol. The van der Waals surface area contributed by atoms with Gasteiger partial charge in [0.05, 0.1) is 6.42 Å². The zero-order valence-corrected chi connectivity index (χ0v) is 20.1. The number of aromatic nitrogens is 2. The van der Waals surface area contributed by atoms with E-state index in [1.807, 2.05) is 48.5 Å². The summed E-state index contributed by atoms with van der Waals surface area (Å²) < 4.78 is 5.16. The molecular weight excluding hydrogens is 448 g/mol. The second-order valence-electron chi connectivity index (χ2n) is 8.89. The molecular formula is C26H28N4O5. The topological polar surface area (TPSA) is 121 Å². The Labute approximate surface area is 203 Å². The first kappa shape index (κ1) is 25.4. The summed E-state index contributed by atoms with van der Waals surface area (Å²) in [4.78, 5) is 57.1. The van der Waals surface area contributed by atoms with Crippen molar-refractivity contribution in [2.75, 3.05) is 17.3 Å². The fourth-order valence-corrected chi connectivity index (χ4v) is 3.24. The van der Waals surface area contributed by atoms with Crippen molar-refractivity contribution in [1.82, 2.24) is 9.97 Å². The predicted molar refractivity (Wildman–Crippen MR) is 133 cm³/mol. The van der Waals surface area contributed by atoms with Crippen LogP contribution in [0.2, 0.25) is 0 Å². The van der Waals surface area contributed by atoms with Crippen LogP contribution >= 0.6 is 0 Å². The molecule has 0 spiro atoms. The lowest BCUT2D eigenvalue weighted by Gasteiger charge is -2.19. The summed E-state index contributed by atoms with van der Waals surface area (Å²) in [5.74, 6) is -1.69. The Morgan fingerprint density at radius 2 is 1.69 bits per heavy atom. The molecule has 9 nitrogen and oxygen atoms in total. The Morgan fingerprint density at radius 3 is 2.34 bits per heavy atom. The van der Waals surface area contributed by atoms with Gasteiger partial charge in [-0.1, -0.05) is 42.5 Å². The third kappa shape index (κ3) is 7.10.